The van der Waals surface area contributed by atoms with Crippen LogP contribution in [-0.2, 0) is 22.6 Å². The normalized spacial score (nSPS) is 20.5. The van der Waals surface area contributed by atoms with Gasteiger partial charge in [-0.25, -0.2) is 4.98 Å². The van der Waals surface area contributed by atoms with Gasteiger partial charge in [-0.2, -0.15) is 0 Å². The van der Waals surface area contributed by atoms with E-state index in [4.69, 9.17) is 20.9 Å². The minimum Gasteiger partial charge on any atom is -0.487 e. The Morgan fingerprint density at radius 3 is 2.78 bits per heavy atom. The highest BCUT2D eigenvalue weighted by molar-refractivity contribution is 6.31. The van der Waals surface area contributed by atoms with Crippen molar-refractivity contribution in [1.29, 1.82) is 0 Å². The molecule has 4 heterocycles. The first-order valence-corrected chi connectivity index (χ1v) is 13.7. The van der Waals surface area contributed by atoms with E-state index in [2.05, 4.69) is 10.1 Å². The number of aromatic nitrogens is 2. The average Bonchev–Trinajstić information content (AvgIpc) is 3.54. The van der Waals surface area contributed by atoms with Crippen molar-refractivity contribution in [3.05, 3.63) is 52.3 Å². The molecular weight excluding hydrogens is 492 g/mol. The van der Waals surface area contributed by atoms with Gasteiger partial charge >= 0.3 is 0 Å². The molecule has 0 N–H and O–H groups in total. The molecule has 0 unspecified atom stereocenters. The van der Waals surface area contributed by atoms with Crippen LogP contribution in [0.4, 0.5) is 0 Å². The van der Waals surface area contributed by atoms with E-state index in [9.17, 15) is 9.59 Å². The van der Waals surface area contributed by atoms with Crippen molar-refractivity contribution in [3.63, 3.8) is 0 Å². The Hall–Kier alpha value is -3.13. The van der Waals surface area contributed by atoms with Crippen LogP contribution in [0.1, 0.15) is 67.8 Å². The minimum absolute atomic E-state index is 0.0460. The Bertz CT molecular complexity index is 1320. The Kier molecular flexibility index (Phi) is 6.76. The third-order valence-electron chi connectivity index (χ3n) is 8.06. The van der Waals surface area contributed by atoms with E-state index >= 15 is 0 Å². The highest BCUT2D eigenvalue weighted by Crippen LogP contribution is 2.42. The lowest BCUT2D eigenvalue weighted by Crippen LogP contribution is -2.48. The van der Waals surface area contributed by atoms with Crippen LogP contribution in [0, 0.1) is 5.92 Å². The van der Waals surface area contributed by atoms with Crippen molar-refractivity contribution < 1.29 is 18.8 Å². The number of benzene rings is 1. The van der Waals surface area contributed by atoms with Gasteiger partial charge in [-0.15, -0.1) is 0 Å². The highest BCUT2D eigenvalue weighted by atomic mass is 35.5. The van der Waals surface area contributed by atoms with E-state index < -0.39 is 0 Å². The fraction of sp³-hybridized carbons (Fsp3) is 0.500. The molecule has 1 atom stereocenters. The lowest BCUT2D eigenvalue weighted by Gasteiger charge is -2.42. The summed E-state index contributed by atoms with van der Waals surface area (Å²) >= 11 is 6.70. The Balaban J connectivity index is 1.35. The third-order valence-corrected chi connectivity index (χ3v) is 8.42. The summed E-state index contributed by atoms with van der Waals surface area (Å²) in [5.41, 5.74) is 3.03. The molecule has 1 saturated carbocycles. The van der Waals surface area contributed by atoms with Crippen molar-refractivity contribution in [2.75, 3.05) is 19.6 Å². The lowest BCUT2D eigenvalue weighted by atomic mass is 9.85. The second-order valence-electron chi connectivity index (χ2n) is 10.3. The summed E-state index contributed by atoms with van der Waals surface area (Å²) in [4.78, 5) is 34.6. The number of hydrogen-bond donors (Lipinski definition) is 0. The second kappa shape index (κ2) is 10.3. The van der Waals surface area contributed by atoms with Crippen molar-refractivity contribution >= 4 is 34.5 Å². The van der Waals surface area contributed by atoms with Crippen molar-refractivity contribution in [3.8, 4) is 5.75 Å². The number of rotatable bonds is 6. The van der Waals surface area contributed by atoms with Crippen molar-refractivity contribution in [1.82, 2.24) is 19.9 Å². The molecule has 9 heteroatoms. The predicted molar refractivity (Wildman–Crippen MR) is 138 cm³/mol. The molecule has 2 aliphatic heterocycles. The maximum absolute atomic E-state index is 13.8. The molecule has 37 heavy (non-hydrogen) atoms. The number of carbonyl (C=O) groups excluding carboxylic acids is 2. The highest BCUT2D eigenvalue weighted by Gasteiger charge is 2.39. The van der Waals surface area contributed by atoms with E-state index in [1.165, 1.54) is 6.42 Å². The SMILES string of the molecule is O=C1CCCN1C[C@@H]1c2c(OCc3noc4ncccc34)ccc(Cl)c2CCN1C(=O)C1CCCCC1. The molecule has 1 aromatic carbocycles. The van der Waals surface area contributed by atoms with Gasteiger partial charge in [0.05, 0.1) is 11.4 Å². The molecule has 0 bridgehead atoms. The first-order valence-electron chi connectivity index (χ1n) is 13.3. The molecular formula is C28H31ClN4O4. The van der Waals surface area contributed by atoms with Crippen LogP contribution in [0.2, 0.25) is 5.02 Å². The first kappa shape index (κ1) is 24.2. The van der Waals surface area contributed by atoms with Crippen LogP contribution in [0.15, 0.2) is 35.0 Å². The number of halogens is 1. The molecule has 2 amide bonds. The van der Waals surface area contributed by atoms with E-state index in [1.807, 2.05) is 34.1 Å². The zero-order valence-electron chi connectivity index (χ0n) is 20.8. The summed E-state index contributed by atoms with van der Waals surface area (Å²) in [6.45, 7) is 1.96. The molecule has 1 aliphatic carbocycles. The summed E-state index contributed by atoms with van der Waals surface area (Å²) in [7, 11) is 0. The van der Waals surface area contributed by atoms with Gasteiger partial charge in [-0.1, -0.05) is 36.0 Å². The number of amides is 2. The number of likely N-dealkylation sites (tertiary alicyclic amines) is 1. The Morgan fingerprint density at radius 1 is 1.11 bits per heavy atom. The summed E-state index contributed by atoms with van der Waals surface area (Å²) < 4.78 is 11.7. The van der Waals surface area contributed by atoms with Crippen LogP contribution in [0.25, 0.3) is 11.1 Å². The zero-order valence-corrected chi connectivity index (χ0v) is 21.6. The van der Waals surface area contributed by atoms with Crippen LogP contribution < -0.4 is 4.74 Å². The van der Waals surface area contributed by atoms with E-state index in [0.29, 0.717) is 54.7 Å². The summed E-state index contributed by atoms with van der Waals surface area (Å²) in [6, 6.07) is 7.17. The number of hydrogen-bond acceptors (Lipinski definition) is 6. The molecule has 6 rings (SSSR count). The molecule has 194 valence electrons. The van der Waals surface area contributed by atoms with Crippen LogP contribution in [0.5, 0.6) is 5.75 Å². The number of nitrogens with zero attached hydrogens (tertiary/aromatic N) is 4. The fourth-order valence-electron chi connectivity index (χ4n) is 6.13. The summed E-state index contributed by atoms with van der Waals surface area (Å²) in [6.07, 6.45) is 8.98. The van der Waals surface area contributed by atoms with Gasteiger partial charge in [0.15, 0.2) is 0 Å². The number of pyridine rings is 1. The maximum Gasteiger partial charge on any atom is 0.258 e. The van der Waals surface area contributed by atoms with E-state index in [-0.39, 0.29) is 30.4 Å². The largest absolute Gasteiger partial charge is 0.487 e. The molecule has 2 fully saturated rings. The van der Waals surface area contributed by atoms with Gasteiger partial charge in [-0.3, -0.25) is 9.59 Å². The van der Waals surface area contributed by atoms with Gasteiger partial charge < -0.3 is 19.1 Å². The standard InChI is InChI=1S/C28H31ClN4O4/c29-21-10-11-24(36-17-22-20-8-4-13-30-27(20)37-31-22)26-19(21)12-15-33(28(35)18-6-2-1-3-7-18)23(26)16-32-14-5-9-25(32)34/h4,8,10-11,13,18,23H,1-3,5-7,9,12,14-17H2/t23-/m1/s1. The number of fused-ring (bicyclic) bond motifs is 2. The Labute approximate surface area is 220 Å². The predicted octanol–water partition coefficient (Wildman–Crippen LogP) is 5.08. The topological polar surface area (TPSA) is 88.8 Å². The molecule has 2 aromatic heterocycles. The van der Waals surface area contributed by atoms with Crippen LogP contribution >= 0.6 is 11.6 Å². The first-order chi connectivity index (χ1) is 18.1. The van der Waals surface area contributed by atoms with Crippen LogP contribution in [-0.4, -0.2) is 51.4 Å². The molecule has 0 spiro atoms. The molecule has 8 nitrogen and oxygen atoms in total. The number of ether oxygens (including phenoxy) is 1. The van der Waals surface area contributed by atoms with Gasteiger partial charge in [-0.05, 0) is 55.5 Å². The fourth-order valence-corrected chi connectivity index (χ4v) is 6.39. The summed E-state index contributed by atoms with van der Waals surface area (Å²) in [5.74, 6) is 1.05. The monoisotopic (exact) mass is 522 g/mol. The lowest BCUT2D eigenvalue weighted by molar-refractivity contribution is -0.141. The van der Waals surface area contributed by atoms with E-state index in [0.717, 1.165) is 48.6 Å². The molecule has 1 saturated heterocycles. The third kappa shape index (κ3) is 4.67. The average molecular weight is 523 g/mol. The molecule has 3 aromatic rings. The smallest absolute Gasteiger partial charge is 0.258 e. The quantitative estimate of drug-likeness (QED) is 0.448. The zero-order chi connectivity index (χ0) is 25.4. The van der Waals surface area contributed by atoms with E-state index in [1.54, 1.807) is 6.20 Å². The number of carbonyl (C=O) groups is 2. The second-order valence-corrected chi connectivity index (χ2v) is 10.7. The van der Waals surface area contributed by atoms with Gasteiger partial charge in [0.1, 0.15) is 18.1 Å². The van der Waals surface area contributed by atoms with Gasteiger partial charge in [0, 0.05) is 48.8 Å². The van der Waals surface area contributed by atoms with Crippen molar-refractivity contribution in [2.24, 2.45) is 5.92 Å². The minimum atomic E-state index is -0.301. The Morgan fingerprint density at radius 2 is 1.97 bits per heavy atom. The molecule has 0 radical (unpaired) electrons. The molecule has 3 aliphatic rings. The van der Waals surface area contributed by atoms with Crippen molar-refractivity contribution in [2.45, 2.75) is 64.0 Å². The van der Waals surface area contributed by atoms with Gasteiger partial charge in [0.2, 0.25) is 11.8 Å². The summed E-state index contributed by atoms with van der Waals surface area (Å²) in [5, 5.41) is 5.62. The maximum atomic E-state index is 13.8. The van der Waals surface area contributed by atoms with Crippen LogP contribution in [0.3, 0.4) is 0 Å². The van der Waals surface area contributed by atoms with Gasteiger partial charge in [0.25, 0.3) is 5.71 Å².